The van der Waals surface area contributed by atoms with E-state index in [9.17, 15) is 4.79 Å². The molecule has 2 N–H and O–H groups in total. The van der Waals surface area contributed by atoms with E-state index in [-0.39, 0.29) is 12.1 Å². The zero-order valence-electron chi connectivity index (χ0n) is 14.7. The largest absolute Gasteiger partial charge is 0.465 e. The molecule has 25 heavy (non-hydrogen) atoms. The highest BCUT2D eigenvalue weighted by Gasteiger charge is 2.25. The molecule has 0 bridgehead atoms. The number of amides is 2. The van der Waals surface area contributed by atoms with Crippen molar-refractivity contribution in [1.82, 2.24) is 10.2 Å². The van der Waals surface area contributed by atoms with E-state index < -0.39 is 0 Å². The van der Waals surface area contributed by atoms with Gasteiger partial charge in [-0.25, -0.2) is 4.79 Å². The number of benzene rings is 1. The molecule has 1 fully saturated rings. The van der Waals surface area contributed by atoms with E-state index in [0.717, 1.165) is 35.9 Å². The summed E-state index contributed by atoms with van der Waals surface area (Å²) in [6, 6.07) is 11.4. The van der Waals surface area contributed by atoms with Gasteiger partial charge in [0.15, 0.2) is 0 Å². The number of carbonyl (C=O) groups excluding carboxylic acids is 1. The number of furan rings is 1. The molecule has 0 aliphatic carbocycles. The highest BCUT2D eigenvalue weighted by Crippen LogP contribution is 2.23. The number of rotatable bonds is 5. The standard InChI is InChI=1S/C19H25N3O3/c1-14-3-6-16(7-4-14)21-19(23)20-13-17(18-8-5-15(2)25-18)22-9-11-24-12-10-22/h3-8,17H,9-13H2,1-2H3,(H2,20,21,23). The number of nitrogens with one attached hydrogen (secondary N) is 2. The van der Waals surface area contributed by atoms with Crippen molar-refractivity contribution in [2.75, 3.05) is 38.2 Å². The predicted molar refractivity (Wildman–Crippen MR) is 96.8 cm³/mol. The normalized spacial score (nSPS) is 16.4. The topological polar surface area (TPSA) is 66.7 Å². The minimum absolute atomic E-state index is 0.00127. The summed E-state index contributed by atoms with van der Waals surface area (Å²) in [5.74, 6) is 1.74. The lowest BCUT2D eigenvalue weighted by Gasteiger charge is -2.33. The van der Waals surface area contributed by atoms with Gasteiger partial charge in [-0.2, -0.15) is 0 Å². The second-order valence-electron chi connectivity index (χ2n) is 6.31. The highest BCUT2D eigenvalue weighted by molar-refractivity contribution is 5.89. The molecule has 1 aromatic heterocycles. The molecule has 0 saturated carbocycles. The number of nitrogens with zero attached hydrogens (tertiary/aromatic N) is 1. The van der Waals surface area contributed by atoms with Gasteiger partial charge in [0.2, 0.25) is 0 Å². The van der Waals surface area contributed by atoms with Crippen molar-refractivity contribution in [1.29, 1.82) is 0 Å². The molecule has 1 aromatic carbocycles. The lowest BCUT2D eigenvalue weighted by molar-refractivity contribution is 0.0122. The summed E-state index contributed by atoms with van der Waals surface area (Å²) in [4.78, 5) is 14.5. The molecule has 134 valence electrons. The third-order valence-electron chi connectivity index (χ3n) is 4.34. The molecule has 1 aliphatic rings. The average Bonchev–Trinajstić information content (AvgIpc) is 3.04. The van der Waals surface area contributed by atoms with E-state index in [2.05, 4.69) is 15.5 Å². The minimum Gasteiger partial charge on any atom is -0.465 e. The van der Waals surface area contributed by atoms with Crippen molar-refractivity contribution in [2.24, 2.45) is 0 Å². The fraction of sp³-hybridized carbons (Fsp3) is 0.421. The Kier molecular flexibility index (Phi) is 5.73. The van der Waals surface area contributed by atoms with Gasteiger partial charge in [-0.05, 0) is 38.1 Å². The summed E-state index contributed by atoms with van der Waals surface area (Å²) in [7, 11) is 0. The van der Waals surface area contributed by atoms with E-state index in [4.69, 9.17) is 9.15 Å². The van der Waals surface area contributed by atoms with Crippen LogP contribution in [0.15, 0.2) is 40.8 Å². The van der Waals surface area contributed by atoms with Gasteiger partial charge in [-0.1, -0.05) is 17.7 Å². The Bertz CT molecular complexity index is 690. The molecule has 1 unspecified atom stereocenters. The van der Waals surface area contributed by atoms with Crippen molar-refractivity contribution in [3.63, 3.8) is 0 Å². The molecule has 2 heterocycles. The van der Waals surface area contributed by atoms with E-state index in [1.165, 1.54) is 0 Å². The fourth-order valence-corrected chi connectivity index (χ4v) is 2.93. The molecular formula is C19H25N3O3. The Morgan fingerprint density at radius 2 is 1.84 bits per heavy atom. The van der Waals surface area contributed by atoms with Crippen molar-refractivity contribution in [3.8, 4) is 0 Å². The minimum atomic E-state index is -0.217. The quantitative estimate of drug-likeness (QED) is 0.875. The first-order valence-electron chi connectivity index (χ1n) is 8.61. The van der Waals surface area contributed by atoms with Gasteiger partial charge < -0.3 is 19.8 Å². The summed E-state index contributed by atoms with van der Waals surface area (Å²) in [6.45, 7) is 7.47. The van der Waals surface area contributed by atoms with Gasteiger partial charge in [-0.15, -0.1) is 0 Å². The molecule has 0 spiro atoms. The molecule has 6 nitrogen and oxygen atoms in total. The molecule has 3 rings (SSSR count). The summed E-state index contributed by atoms with van der Waals surface area (Å²) in [6.07, 6.45) is 0. The molecule has 1 atom stereocenters. The van der Waals surface area contributed by atoms with Gasteiger partial charge in [-0.3, -0.25) is 4.90 Å². The predicted octanol–water partition coefficient (Wildman–Crippen LogP) is 3.09. The number of ether oxygens (including phenoxy) is 1. The number of carbonyl (C=O) groups is 1. The van der Waals surface area contributed by atoms with Crippen LogP contribution in [0.3, 0.4) is 0 Å². The highest BCUT2D eigenvalue weighted by atomic mass is 16.5. The zero-order chi connectivity index (χ0) is 17.6. The van der Waals surface area contributed by atoms with Crippen LogP contribution in [0.5, 0.6) is 0 Å². The number of anilines is 1. The molecule has 1 aliphatic heterocycles. The van der Waals surface area contributed by atoms with E-state index in [1.54, 1.807) is 0 Å². The van der Waals surface area contributed by atoms with Gasteiger partial charge in [0.25, 0.3) is 0 Å². The van der Waals surface area contributed by atoms with Crippen LogP contribution in [-0.2, 0) is 4.74 Å². The second kappa shape index (κ2) is 8.18. The van der Waals surface area contributed by atoms with E-state index in [0.29, 0.717) is 19.8 Å². The van der Waals surface area contributed by atoms with Crippen LogP contribution in [0.4, 0.5) is 10.5 Å². The van der Waals surface area contributed by atoms with Gasteiger partial charge >= 0.3 is 6.03 Å². The molecule has 6 heteroatoms. The first-order chi connectivity index (χ1) is 12.1. The lowest BCUT2D eigenvalue weighted by atomic mass is 10.1. The third kappa shape index (κ3) is 4.84. The summed E-state index contributed by atoms with van der Waals surface area (Å²) >= 11 is 0. The number of hydrogen-bond donors (Lipinski definition) is 2. The molecule has 1 saturated heterocycles. The van der Waals surface area contributed by atoms with Crippen LogP contribution < -0.4 is 10.6 Å². The van der Waals surface area contributed by atoms with Crippen LogP contribution in [0.1, 0.15) is 23.1 Å². The van der Waals surface area contributed by atoms with Crippen LogP contribution in [0.25, 0.3) is 0 Å². The molecule has 2 aromatic rings. The lowest BCUT2D eigenvalue weighted by Crippen LogP contribution is -2.44. The van der Waals surface area contributed by atoms with Crippen molar-refractivity contribution >= 4 is 11.7 Å². The monoisotopic (exact) mass is 343 g/mol. The van der Waals surface area contributed by atoms with Crippen molar-refractivity contribution < 1.29 is 13.9 Å². The Morgan fingerprint density at radius 1 is 1.12 bits per heavy atom. The first-order valence-corrected chi connectivity index (χ1v) is 8.61. The fourth-order valence-electron chi connectivity index (χ4n) is 2.93. The average molecular weight is 343 g/mol. The second-order valence-corrected chi connectivity index (χ2v) is 6.31. The van der Waals surface area contributed by atoms with E-state index in [1.807, 2.05) is 50.2 Å². The number of morpholine rings is 1. The van der Waals surface area contributed by atoms with Crippen LogP contribution in [0, 0.1) is 13.8 Å². The van der Waals surface area contributed by atoms with E-state index >= 15 is 0 Å². The van der Waals surface area contributed by atoms with Crippen LogP contribution in [-0.4, -0.2) is 43.8 Å². The molecular weight excluding hydrogens is 318 g/mol. The number of aryl methyl sites for hydroxylation is 2. The number of hydrogen-bond acceptors (Lipinski definition) is 4. The molecule has 0 radical (unpaired) electrons. The van der Waals surface area contributed by atoms with Gasteiger partial charge in [0, 0.05) is 25.3 Å². The number of urea groups is 1. The van der Waals surface area contributed by atoms with Crippen LogP contribution >= 0.6 is 0 Å². The van der Waals surface area contributed by atoms with Gasteiger partial charge in [0.1, 0.15) is 11.5 Å². The maximum atomic E-state index is 12.2. The Hall–Kier alpha value is -2.31. The molecule has 2 amide bonds. The van der Waals surface area contributed by atoms with Gasteiger partial charge in [0.05, 0.1) is 19.3 Å². The summed E-state index contributed by atoms with van der Waals surface area (Å²) in [5, 5.41) is 5.82. The van der Waals surface area contributed by atoms with Crippen LogP contribution in [0.2, 0.25) is 0 Å². The SMILES string of the molecule is Cc1ccc(NC(=O)NCC(c2ccc(C)o2)N2CCOCC2)cc1. The zero-order valence-corrected chi connectivity index (χ0v) is 14.7. The maximum Gasteiger partial charge on any atom is 0.319 e. The smallest absolute Gasteiger partial charge is 0.319 e. The summed E-state index contributed by atoms with van der Waals surface area (Å²) < 4.78 is 11.2. The Labute approximate surface area is 148 Å². The maximum absolute atomic E-state index is 12.2. The third-order valence-corrected chi connectivity index (χ3v) is 4.34. The van der Waals surface area contributed by atoms with Crippen molar-refractivity contribution in [2.45, 2.75) is 19.9 Å². The Morgan fingerprint density at radius 3 is 2.48 bits per heavy atom. The first kappa shape index (κ1) is 17.5. The van der Waals surface area contributed by atoms with Crippen molar-refractivity contribution in [3.05, 3.63) is 53.5 Å². The summed E-state index contributed by atoms with van der Waals surface area (Å²) in [5.41, 5.74) is 1.94. The Balaban J connectivity index is 1.61.